The number of furan rings is 1. The van der Waals surface area contributed by atoms with Crippen LogP contribution in [-0.2, 0) is 4.79 Å². The highest BCUT2D eigenvalue weighted by atomic mass is 35.5. The minimum atomic E-state index is -0.351. The molecular weight excluding hydrogens is 421 g/mol. The normalized spacial score (nSPS) is 14.5. The van der Waals surface area contributed by atoms with E-state index >= 15 is 0 Å². The Labute approximate surface area is 184 Å². The SMILES string of the molecule is O=C(CN1CCN(C(=O)c2ccc(-c3ccc(Cl)cc3)o2)CC1)Nc1ccc(F)cc1. The van der Waals surface area contributed by atoms with Crippen molar-refractivity contribution in [2.45, 2.75) is 0 Å². The molecule has 2 heterocycles. The van der Waals surface area contributed by atoms with Crippen molar-refractivity contribution in [2.24, 2.45) is 0 Å². The zero-order valence-electron chi connectivity index (χ0n) is 16.7. The van der Waals surface area contributed by atoms with Crippen LogP contribution in [0.3, 0.4) is 0 Å². The van der Waals surface area contributed by atoms with Crippen LogP contribution in [0.1, 0.15) is 10.6 Å². The minimum Gasteiger partial charge on any atom is -0.451 e. The number of rotatable bonds is 5. The fourth-order valence-electron chi connectivity index (χ4n) is 3.42. The molecule has 6 nitrogen and oxygen atoms in total. The molecular formula is C23H21ClFN3O3. The minimum absolute atomic E-state index is 0.171. The molecule has 1 aliphatic heterocycles. The van der Waals surface area contributed by atoms with Crippen LogP contribution >= 0.6 is 11.6 Å². The van der Waals surface area contributed by atoms with Crippen molar-refractivity contribution in [1.29, 1.82) is 0 Å². The summed E-state index contributed by atoms with van der Waals surface area (Å²) in [5.74, 6) is 0.194. The van der Waals surface area contributed by atoms with E-state index in [0.29, 0.717) is 42.6 Å². The van der Waals surface area contributed by atoms with Gasteiger partial charge in [0.05, 0.1) is 6.54 Å². The van der Waals surface area contributed by atoms with Crippen LogP contribution in [0.5, 0.6) is 0 Å². The van der Waals surface area contributed by atoms with Crippen molar-refractivity contribution in [3.63, 3.8) is 0 Å². The summed E-state index contributed by atoms with van der Waals surface area (Å²) < 4.78 is 18.7. The van der Waals surface area contributed by atoms with E-state index in [1.807, 2.05) is 17.0 Å². The lowest BCUT2D eigenvalue weighted by Crippen LogP contribution is -2.50. The molecule has 0 aliphatic carbocycles. The van der Waals surface area contributed by atoms with E-state index in [4.69, 9.17) is 16.0 Å². The number of carbonyl (C=O) groups excluding carboxylic acids is 2. The zero-order chi connectivity index (χ0) is 21.8. The number of carbonyl (C=O) groups is 2. The summed E-state index contributed by atoms with van der Waals surface area (Å²) in [7, 11) is 0. The standard InChI is InChI=1S/C23H21ClFN3O3/c24-17-3-1-16(2-4-17)20-9-10-21(31-20)23(30)28-13-11-27(12-14-28)15-22(29)26-19-7-5-18(25)6-8-19/h1-10H,11-15H2,(H,26,29). The fraction of sp³-hybridized carbons (Fsp3) is 0.217. The molecule has 1 aromatic heterocycles. The molecule has 0 unspecified atom stereocenters. The number of benzene rings is 2. The summed E-state index contributed by atoms with van der Waals surface area (Å²) >= 11 is 5.91. The lowest BCUT2D eigenvalue weighted by atomic mass is 10.2. The average Bonchev–Trinajstić information content (AvgIpc) is 3.26. The lowest BCUT2D eigenvalue weighted by molar-refractivity contribution is -0.117. The fourth-order valence-corrected chi connectivity index (χ4v) is 3.55. The molecule has 0 atom stereocenters. The number of hydrogen-bond donors (Lipinski definition) is 1. The number of hydrogen-bond acceptors (Lipinski definition) is 4. The second-order valence-corrected chi connectivity index (χ2v) is 7.73. The highest BCUT2D eigenvalue weighted by Gasteiger charge is 2.25. The van der Waals surface area contributed by atoms with Gasteiger partial charge in [-0.05, 0) is 60.7 Å². The van der Waals surface area contributed by atoms with Gasteiger partial charge in [0.2, 0.25) is 5.91 Å². The van der Waals surface area contributed by atoms with Crippen LogP contribution in [0, 0.1) is 5.82 Å². The first-order valence-electron chi connectivity index (χ1n) is 9.91. The van der Waals surface area contributed by atoms with Crippen LogP contribution < -0.4 is 5.32 Å². The van der Waals surface area contributed by atoms with Crippen molar-refractivity contribution in [3.8, 4) is 11.3 Å². The van der Waals surface area contributed by atoms with Crippen molar-refractivity contribution >= 4 is 29.1 Å². The molecule has 2 amide bonds. The largest absolute Gasteiger partial charge is 0.451 e. The van der Waals surface area contributed by atoms with Gasteiger partial charge in [-0.3, -0.25) is 14.5 Å². The van der Waals surface area contributed by atoms with Crippen molar-refractivity contribution in [2.75, 3.05) is 38.0 Å². The van der Waals surface area contributed by atoms with Crippen molar-refractivity contribution in [3.05, 3.63) is 77.3 Å². The molecule has 31 heavy (non-hydrogen) atoms. The Morgan fingerprint density at radius 1 is 0.935 bits per heavy atom. The number of piperazine rings is 1. The molecule has 1 fully saturated rings. The topological polar surface area (TPSA) is 65.8 Å². The van der Waals surface area contributed by atoms with Gasteiger partial charge in [0.25, 0.3) is 5.91 Å². The third-order valence-corrected chi connectivity index (χ3v) is 5.35. The predicted molar refractivity (Wildman–Crippen MR) is 117 cm³/mol. The van der Waals surface area contributed by atoms with E-state index in [1.165, 1.54) is 24.3 Å². The molecule has 8 heteroatoms. The quantitative estimate of drug-likeness (QED) is 0.646. The van der Waals surface area contributed by atoms with E-state index in [9.17, 15) is 14.0 Å². The third-order valence-electron chi connectivity index (χ3n) is 5.10. The Balaban J connectivity index is 1.28. The van der Waals surface area contributed by atoms with E-state index in [1.54, 1.807) is 29.2 Å². The van der Waals surface area contributed by atoms with Gasteiger partial charge in [-0.2, -0.15) is 0 Å². The number of halogens is 2. The Kier molecular flexibility index (Phi) is 6.34. The predicted octanol–water partition coefficient (Wildman–Crippen LogP) is 4.14. The van der Waals surface area contributed by atoms with Gasteiger partial charge in [0, 0.05) is 42.5 Å². The van der Waals surface area contributed by atoms with E-state index in [-0.39, 0.29) is 29.9 Å². The highest BCUT2D eigenvalue weighted by molar-refractivity contribution is 6.30. The first-order chi connectivity index (χ1) is 15.0. The molecule has 1 N–H and O–H groups in total. The van der Waals surface area contributed by atoms with Crippen LogP contribution in [0.15, 0.2) is 65.1 Å². The highest BCUT2D eigenvalue weighted by Crippen LogP contribution is 2.24. The van der Waals surface area contributed by atoms with Crippen LogP contribution in [0.4, 0.5) is 10.1 Å². The molecule has 160 valence electrons. The molecule has 2 aromatic carbocycles. The van der Waals surface area contributed by atoms with Gasteiger partial charge in [-0.15, -0.1) is 0 Å². The summed E-state index contributed by atoms with van der Waals surface area (Å²) in [6, 6.07) is 16.3. The summed E-state index contributed by atoms with van der Waals surface area (Å²) in [5.41, 5.74) is 1.40. The van der Waals surface area contributed by atoms with Gasteiger partial charge in [0.1, 0.15) is 11.6 Å². The summed E-state index contributed by atoms with van der Waals surface area (Å²) in [6.45, 7) is 2.36. The van der Waals surface area contributed by atoms with Crippen LogP contribution in [0.2, 0.25) is 5.02 Å². The maximum absolute atomic E-state index is 13.0. The number of amides is 2. The molecule has 1 saturated heterocycles. The Morgan fingerprint density at radius 3 is 2.29 bits per heavy atom. The second-order valence-electron chi connectivity index (χ2n) is 7.29. The Hall–Kier alpha value is -3.16. The summed E-state index contributed by atoms with van der Waals surface area (Å²) in [4.78, 5) is 28.7. The molecule has 0 radical (unpaired) electrons. The number of anilines is 1. The summed E-state index contributed by atoms with van der Waals surface area (Å²) in [5, 5.41) is 3.38. The second kappa shape index (κ2) is 9.32. The van der Waals surface area contributed by atoms with Gasteiger partial charge in [-0.1, -0.05) is 11.6 Å². The average molecular weight is 442 g/mol. The maximum Gasteiger partial charge on any atom is 0.289 e. The number of nitrogens with zero attached hydrogens (tertiary/aromatic N) is 2. The first kappa shape index (κ1) is 21.1. The third kappa shape index (κ3) is 5.31. The van der Waals surface area contributed by atoms with E-state index in [2.05, 4.69) is 5.32 Å². The molecule has 1 aliphatic rings. The van der Waals surface area contributed by atoms with E-state index in [0.717, 1.165) is 5.56 Å². The smallest absolute Gasteiger partial charge is 0.289 e. The summed E-state index contributed by atoms with van der Waals surface area (Å²) in [6.07, 6.45) is 0. The van der Waals surface area contributed by atoms with Crippen LogP contribution in [0.25, 0.3) is 11.3 Å². The van der Waals surface area contributed by atoms with Gasteiger partial charge in [-0.25, -0.2) is 4.39 Å². The first-order valence-corrected chi connectivity index (χ1v) is 10.3. The zero-order valence-corrected chi connectivity index (χ0v) is 17.4. The molecule has 0 saturated carbocycles. The lowest BCUT2D eigenvalue weighted by Gasteiger charge is -2.33. The molecule has 0 spiro atoms. The number of nitrogens with one attached hydrogen (secondary N) is 1. The van der Waals surface area contributed by atoms with Gasteiger partial charge in [0.15, 0.2) is 5.76 Å². The molecule has 3 aromatic rings. The van der Waals surface area contributed by atoms with Crippen molar-refractivity contribution in [1.82, 2.24) is 9.80 Å². The van der Waals surface area contributed by atoms with Gasteiger partial charge < -0.3 is 14.6 Å². The Morgan fingerprint density at radius 2 is 1.61 bits per heavy atom. The molecule has 4 rings (SSSR count). The maximum atomic E-state index is 13.0. The van der Waals surface area contributed by atoms with Crippen LogP contribution in [-0.4, -0.2) is 54.3 Å². The van der Waals surface area contributed by atoms with Crippen molar-refractivity contribution < 1.29 is 18.4 Å². The monoisotopic (exact) mass is 441 g/mol. The molecule has 0 bridgehead atoms. The Bertz CT molecular complexity index is 1060. The van der Waals surface area contributed by atoms with Gasteiger partial charge >= 0.3 is 0 Å². The van der Waals surface area contributed by atoms with E-state index < -0.39 is 0 Å².